The Bertz CT molecular complexity index is 1720. The Kier molecular flexibility index (Phi) is 9.84. The van der Waals surface area contributed by atoms with Crippen molar-refractivity contribution in [2.45, 2.75) is 24.7 Å². The van der Waals surface area contributed by atoms with Crippen molar-refractivity contribution in [1.29, 1.82) is 0 Å². The molecule has 1 saturated heterocycles. The molecule has 2 atom stereocenters. The van der Waals surface area contributed by atoms with Gasteiger partial charge in [-0.2, -0.15) is 22.5 Å². The van der Waals surface area contributed by atoms with E-state index in [-0.39, 0.29) is 11.9 Å². The van der Waals surface area contributed by atoms with Crippen LogP contribution in [0.4, 0.5) is 36.3 Å². The number of ether oxygens (including phenoxy) is 1. The Balaban J connectivity index is 1.37. The molecule has 5 rings (SSSR count). The number of carbonyl (C=O) groups is 1. The number of fused-ring (bicyclic) bond motifs is 1. The molecule has 16 heteroatoms. The summed E-state index contributed by atoms with van der Waals surface area (Å²) in [4.78, 5) is 26.1. The van der Waals surface area contributed by atoms with Crippen LogP contribution in [0.15, 0.2) is 48.7 Å². The number of methoxy groups -OCH3 is 1. The van der Waals surface area contributed by atoms with Crippen LogP contribution in [0.2, 0.25) is 0 Å². The highest BCUT2D eigenvalue weighted by Gasteiger charge is 2.41. The van der Waals surface area contributed by atoms with Crippen molar-refractivity contribution < 1.29 is 31.1 Å². The Morgan fingerprint density at radius 1 is 1.09 bits per heavy atom. The van der Waals surface area contributed by atoms with Gasteiger partial charge in [-0.05, 0) is 29.7 Å². The van der Waals surface area contributed by atoms with Crippen LogP contribution >= 0.6 is 0 Å². The van der Waals surface area contributed by atoms with Crippen molar-refractivity contribution in [3.05, 3.63) is 65.4 Å². The van der Waals surface area contributed by atoms with Crippen LogP contribution in [-0.4, -0.2) is 112 Å². The number of hydrogen-bond donors (Lipinski definition) is 2. The first-order valence-corrected chi connectivity index (χ1v) is 16.8. The first kappa shape index (κ1) is 34.2. The highest BCUT2D eigenvalue weighted by Crippen LogP contribution is 2.41. The summed E-state index contributed by atoms with van der Waals surface area (Å²) in [6.45, 7) is 3.19. The maximum Gasteiger partial charge on any atom is 0.421 e. The molecule has 1 fully saturated rings. The number of benzene rings is 2. The molecule has 1 aromatic heterocycles. The number of carbonyl (C=O) groups excluding carboxylic acids is 1. The highest BCUT2D eigenvalue weighted by atomic mass is 32.2. The third kappa shape index (κ3) is 7.71. The predicted molar refractivity (Wildman–Crippen MR) is 174 cm³/mol. The summed E-state index contributed by atoms with van der Waals surface area (Å²) in [5.41, 5.74) is 1.81. The van der Waals surface area contributed by atoms with Crippen molar-refractivity contribution in [1.82, 2.24) is 24.1 Å². The molecule has 254 valence electrons. The molecule has 1 amide bonds. The minimum atomic E-state index is -4.77. The molecule has 1 aliphatic heterocycles. The van der Waals surface area contributed by atoms with E-state index in [0.29, 0.717) is 62.3 Å². The first-order valence-electron chi connectivity index (χ1n) is 15.0. The van der Waals surface area contributed by atoms with E-state index in [1.165, 1.54) is 18.5 Å². The second-order valence-electron chi connectivity index (χ2n) is 11.9. The summed E-state index contributed by atoms with van der Waals surface area (Å²) < 4.78 is 74.3. The summed E-state index contributed by atoms with van der Waals surface area (Å²) in [5.74, 6) is -0.0873. The maximum absolute atomic E-state index is 14.2. The van der Waals surface area contributed by atoms with Gasteiger partial charge in [0.15, 0.2) is 0 Å². The fourth-order valence-corrected chi connectivity index (χ4v) is 6.56. The van der Waals surface area contributed by atoms with Crippen LogP contribution in [-0.2, 0) is 27.4 Å². The van der Waals surface area contributed by atoms with Crippen molar-refractivity contribution in [2.75, 3.05) is 82.8 Å². The summed E-state index contributed by atoms with van der Waals surface area (Å²) >= 11 is 0. The van der Waals surface area contributed by atoms with Crippen molar-refractivity contribution in [3.63, 3.8) is 0 Å². The van der Waals surface area contributed by atoms with Gasteiger partial charge in [0.25, 0.3) is 0 Å². The Labute approximate surface area is 272 Å². The van der Waals surface area contributed by atoms with Gasteiger partial charge >= 0.3 is 6.18 Å². The van der Waals surface area contributed by atoms with Gasteiger partial charge in [-0.3, -0.25) is 9.69 Å². The number of hydrogen-bond acceptors (Lipinski definition) is 10. The minimum Gasteiger partial charge on any atom is -0.494 e. The lowest BCUT2D eigenvalue weighted by Gasteiger charge is -2.36. The van der Waals surface area contributed by atoms with Gasteiger partial charge in [0.05, 0.1) is 37.7 Å². The Morgan fingerprint density at radius 3 is 2.43 bits per heavy atom. The molecule has 0 saturated carbocycles. The second-order valence-corrected chi connectivity index (χ2v) is 13.9. The topological polar surface area (TPSA) is 123 Å². The van der Waals surface area contributed by atoms with E-state index in [1.807, 2.05) is 18.2 Å². The number of anilines is 4. The molecule has 0 radical (unpaired) electrons. The van der Waals surface area contributed by atoms with Gasteiger partial charge in [-0.25, -0.2) is 13.4 Å². The number of rotatable bonds is 10. The van der Waals surface area contributed by atoms with Gasteiger partial charge in [-0.15, -0.1) is 0 Å². The predicted octanol–water partition coefficient (Wildman–Crippen LogP) is 3.43. The second kappa shape index (κ2) is 13.5. The van der Waals surface area contributed by atoms with E-state index in [4.69, 9.17) is 4.74 Å². The largest absolute Gasteiger partial charge is 0.494 e. The Morgan fingerprint density at radius 2 is 1.79 bits per heavy atom. The van der Waals surface area contributed by atoms with E-state index < -0.39 is 39.7 Å². The highest BCUT2D eigenvalue weighted by molar-refractivity contribution is 7.88. The Hall–Kier alpha value is -4.15. The molecule has 47 heavy (non-hydrogen) atoms. The number of likely N-dealkylation sites (N-methyl/N-ethyl adjacent to an activating group) is 2. The molecule has 0 unspecified atom stereocenters. The third-order valence-corrected chi connectivity index (χ3v) is 9.83. The minimum absolute atomic E-state index is 0.0498. The van der Waals surface area contributed by atoms with E-state index in [1.54, 1.807) is 43.3 Å². The molecule has 1 aliphatic carbocycles. The van der Waals surface area contributed by atoms with E-state index >= 15 is 0 Å². The van der Waals surface area contributed by atoms with Crippen molar-refractivity contribution in [2.24, 2.45) is 0 Å². The molecule has 3 aromatic rings. The quantitative estimate of drug-likeness (QED) is 0.330. The summed E-state index contributed by atoms with van der Waals surface area (Å²) in [5, 5.41) is 5.89. The number of sulfonamides is 1. The molecule has 2 N–H and O–H groups in total. The van der Waals surface area contributed by atoms with Crippen LogP contribution in [0.1, 0.15) is 22.7 Å². The van der Waals surface area contributed by atoms with Crippen LogP contribution in [0.3, 0.4) is 0 Å². The number of halogens is 3. The summed E-state index contributed by atoms with van der Waals surface area (Å²) in [6, 6.07) is 11.1. The number of alkyl halides is 3. The molecule has 2 heterocycles. The number of piperazine rings is 1. The maximum atomic E-state index is 14.2. The lowest BCUT2D eigenvalue weighted by atomic mass is 10.1. The number of nitrogens with one attached hydrogen (secondary N) is 2. The fraction of sp³-hybridized carbons (Fsp3) is 0.452. The average Bonchev–Trinajstić information content (AvgIpc) is 3.37. The SMILES string of the molecule is COc1cc(N2CCN(CC(=O)N(C)C)CC2)ccc1Nc1ncc(C(F)(F)F)c(N[C@@H]2Cc3ccccc3[C@H]2N(C)S(C)(=O)=O)n1. The summed E-state index contributed by atoms with van der Waals surface area (Å²) in [7, 11) is 2.69. The fourth-order valence-electron chi connectivity index (χ4n) is 5.89. The monoisotopic (exact) mass is 676 g/mol. The summed E-state index contributed by atoms with van der Waals surface area (Å²) in [6.07, 6.45) is -2.71. The van der Waals surface area contributed by atoms with Crippen LogP contribution in [0, 0.1) is 0 Å². The van der Waals surface area contributed by atoms with E-state index in [2.05, 4.69) is 30.4 Å². The molecule has 0 spiro atoms. The zero-order valence-corrected chi connectivity index (χ0v) is 27.7. The normalized spacial score (nSPS) is 18.6. The first-order chi connectivity index (χ1) is 22.2. The number of amides is 1. The molecule has 2 aliphatic rings. The van der Waals surface area contributed by atoms with Crippen LogP contribution in [0.25, 0.3) is 0 Å². The lowest BCUT2D eigenvalue weighted by molar-refractivity contribution is -0.137. The smallest absolute Gasteiger partial charge is 0.421 e. The molecule has 0 bridgehead atoms. The zero-order valence-electron chi connectivity index (χ0n) is 26.9. The van der Waals surface area contributed by atoms with Crippen LogP contribution < -0.4 is 20.3 Å². The zero-order chi connectivity index (χ0) is 34.1. The van der Waals surface area contributed by atoms with Gasteiger partial charge in [0.2, 0.25) is 21.9 Å². The molecular weight excluding hydrogens is 637 g/mol. The number of nitrogens with zero attached hydrogens (tertiary/aromatic N) is 6. The standard InChI is InChI=1S/C31H39F3N8O4S/c1-39(2)27(43)19-41-12-14-42(15-13-41)21-10-11-24(26(17-21)46-4)37-30-35-18-23(31(32,33)34)29(38-30)36-25-16-20-8-6-7-9-22(20)28(25)40(3)47(5,44)45/h6-11,17-18,25,28H,12-16,19H2,1-5H3,(H2,35,36,37,38)/t25-,28-/m1/s1. The lowest BCUT2D eigenvalue weighted by Crippen LogP contribution is -2.49. The van der Waals surface area contributed by atoms with Gasteiger partial charge < -0.3 is 25.2 Å². The van der Waals surface area contributed by atoms with Crippen LogP contribution in [0.5, 0.6) is 5.75 Å². The van der Waals surface area contributed by atoms with Crippen molar-refractivity contribution in [3.8, 4) is 5.75 Å². The van der Waals surface area contributed by atoms with Gasteiger partial charge in [-0.1, -0.05) is 24.3 Å². The van der Waals surface area contributed by atoms with Crippen molar-refractivity contribution >= 4 is 39.1 Å². The number of aromatic nitrogens is 2. The average molecular weight is 677 g/mol. The molecular formula is C31H39F3N8O4S. The molecule has 2 aromatic carbocycles. The van der Waals surface area contributed by atoms with E-state index in [9.17, 15) is 26.4 Å². The molecule has 12 nitrogen and oxygen atoms in total. The van der Waals surface area contributed by atoms with Gasteiger partial charge in [0.1, 0.15) is 17.1 Å². The van der Waals surface area contributed by atoms with Gasteiger partial charge in [0, 0.05) is 65.3 Å². The van der Waals surface area contributed by atoms with E-state index in [0.717, 1.165) is 17.5 Å². The third-order valence-electron chi connectivity index (χ3n) is 8.55.